The lowest BCUT2D eigenvalue weighted by atomic mass is 10.1. The van der Waals surface area contributed by atoms with E-state index < -0.39 is 0 Å². The van der Waals surface area contributed by atoms with Gasteiger partial charge in [-0.25, -0.2) is 0 Å². The summed E-state index contributed by atoms with van der Waals surface area (Å²) in [6.07, 6.45) is 5.84. The van der Waals surface area contributed by atoms with Crippen molar-refractivity contribution in [3.8, 4) is 11.5 Å². The topological polar surface area (TPSA) is 66.8 Å². The molecule has 2 rings (SSSR count). The minimum absolute atomic E-state index is 0.159. The second kappa shape index (κ2) is 11.3. The molecule has 0 spiro atoms. The van der Waals surface area contributed by atoms with Crippen molar-refractivity contribution in [1.82, 2.24) is 4.90 Å². The Morgan fingerprint density at radius 3 is 2.34 bits per heavy atom. The number of phenolic OH excluding ortho intramolecular Hbond substituents is 1. The molecule has 0 heterocycles. The Balaban J connectivity index is 1.92. The fraction of sp³-hybridized carbons (Fsp3) is 0.217. The van der Waals surface area contributed by atoms with Crippen molar-refractivity contribution >= 4 is 39.6 Å². The number of benzene rings is 2. The van der Waals surface area contributed by atoms with Crippen LogP contribution in [0.2, 0.25) is 0 Å². The molecule has 2 aromatic carbocycles. The summed E-state index contributed by atoms with van der Waals surface area (Å²) in [5.41, 5.74) is 1.57. The fourth-order valence-electron chi connectivity index (χ4n) is 2.33. The van der Waals surface area contributed by atoms with Gasteiger partial charge in [0.15, 0.2) is 11.6 Å². The zero-order valence-corrected chi connectivity index (χ0v) is 18.1. The number of carbonyl (C=O) groups excluding carboxylic acids is 2. The monoisotopic (exact) mass is 457 g/mol. The number of nitrogens with zero attached hydrogens (tertiary/aromatic N) is 1. The van der Waals surface area contributed by atoms with Gasteiger partial charge in [0.25, 0.3) is 0 Å². The Morgan fingerprint density at radius 1 is 1.03 bits per heavy atom. The highest BCUT2D eigenvalue weighted by Gasteiger charge is 2.05. The minimum atomic E-state index is -0.285. The van der Waals surface area contributed by atoms with Crippen LogP contribution >= 0.6 is 15.9 Å². The van der Waals surface area contributed by atoms with Crippen molar-refractivity contribution in [2.24, 2.45) is 0 Å². The number of halogens is 1. The van der Waals surface area contributed by atoms with Crippen LogP contribution in [0.25, 0.3) is 12.2 Å². The summed E-state index contributed by atoms with van der Waals surface area (Å²) in [5, 5.41) is 9.25. The number of hydrogen-bond donors (Lipinski definition) is 1. The van der Waals surface area contributed by atoms with Gasteiger partial charge in [0.2, 0.25) is 0 Å². The number of hydrogen-bond acceptors (Lipinski definition) is 5. The lowest BCUT2D eigenvalue weighted by Crippen LogP contribution is -2.19. The van der Waals surface area contributed by atoms with Crippen molar-refractivity contribution in [2.75, 3.05) is 27.2 Å². The van der Waals surface area contributed by atoms with Crippen molar-refractivity contribution in [3.63, 3.8) is 0 Å². The highest BCUT2D eigenvalue weighted by molar-refractivity contribution is 9.10. The van der Waals surface area contributed by atoms with E-state index in [1.807, 2.05) is 37.2 Å². The third kappa shape index (κ3) is 8.46. The molecule has 0 atom stereocenters. The van der Waals surface area contributed by atoms with Crippen LogP contribution in [0.5, 0.6) is 11.5 Å². The van der Waals surface area contributed by atoms with Gasteiger partial charge in [-0.15, -0.1) is 0 Å². The van der Waals surface area contributed by atoms with Crippen LogP contribution in [0.4, 0.5) is 0 Å². The number of rotatable bonds is 10. The second-order valence-corrected chi connectivity index (χ2v) is 7.56. The van der Waals surface area contributed by atoms with E-state index in [1.54, 1.807) is 24.3 Å². The maximum absolute atomic E-state index is 12.1. The lowest BCUT2D eigenvalue weighted by Gasteiger charge is -2.11. The molecule has 0 aliphatic heterocycles. The highest BCUT2D eigenvalue weighted by atomic mass is 79.9. The van der Waals surface area contributed by atoms with E-state index in [-0.39, 0.29) is 23.7 Å². The van der Waals surface area contributed by atoms with Gasteiger partial charge >= 0.3 is 0 Å². The van der Waals surface area contributed by atoms with Crippen molar-refractivity contribution in [2.45, 2.75) is 6.42 Å². The number of allylic oxidation sites excluding steroid dienone is 2. The zero-order valence-electron chi connectivity index (χ0n) is 16.5. The largest absolute Gasteiger partial charge is 0.508 e. The predicted molar refractivity (Wildman–Crippen MR) is 119 cm³/mol. The van der Waals surface area contributed by atoms with Gasteiger partial charge in [-0.1, -0.05) is 40.2 Å². The van der Waals surface area contributed by atoms with Gasteiger partial charge < -0.3 is 14.7 Å². The second-order valence-electron chi connectivity index (χ2n) is 6.70. The number of aromatic hydroxyl groups is 1. The molecule has 1 N–H and O–H groups in total. The standard InChI is InChI=1S/C23H24BrNO4/c1-25(2)13-14-29-22-11-12-23(24)18(15-22)6-10-21(28)16-20(27)9-5-17-3-7-19(26)8-4-17/h3-12,15,26H,13-14,16H2,1-2H3/b9-5+,10-6+. The average molecular weight is 458 g/mol. The Morgan fingerprint density at radius 2 is 1.69 bits per heavy atom. The molecule has 0 saturated heterocycles. The first-order chi connectivity index (χ1) is 13.8. The van der Waals surface area contributed by atoms with Crippen LogP contribution in [0.3, 0.4) is 0 Å². The molecular formula is C23H24BrNO4. The summed E-state index contributed by atoms with van der Waals surface area (Å²) in [7, 11) is 3.96. The molecule has 0 saturated carbocycles. The molecule has 0 aliphatic carbocycles. The molecule has 0 unspecified atom stereocenters. The number of carbonyl (C=O) groups is 2. The molecule has 0 radical (unpaired) electrons. The van der Waals surface area contributed by atoms with Gasteiger partial charge in [0, 0.05) is 11.0 Å². The third-order valence-electron chi connectivity index (χ3n) is 3.93. The summed E-state index contributed by atoms with van der Waals surface area (Å²) >= 11 is 3.46. The number of likely N-dealkylation sites (N-methyl/N-ethyl adjacent to an activating group) is 1. The third-order valence-corrected chi connectivity index (χ3v) is 4.65. The maximum Gasteiger partial charge on any atom is 0.163 e. The molecule has 0 aromatic heterocycles. The van der Waals surface area contributed by atoms with Crippen molar-refractivity contribution in [3.05, 3.63) is 70.2 Å². The van der Waals surface area contributed by atoms with Gasteiger partial charge in [-0.05, 0) is 67.7 Å². The van der Waals surface area contributed by atoms with Crippen molar-refractivity contribution < 1.29 is 19.4 Å². The molecule has 29 heavy (non-hydrogen) atoms. The van der Waals surface area contributed by atoms with Crippen molar-refractivity contribution in [1.29, 1.82) is 0 Å². The number of ketones is 2. The van der Waals surface area contributed by atoms with E-state index in [1.165, 1.54) is 24.3 Å². The maximum atomic E-state index is 12.1. The molecule has 5 nitrogen and oxygen atoms in total. The molecule has 0 aliphatic rings. The van der Waals surface area contributed by atoms with Crippen LogP contribution in [0.1, 0.15) is 17.5 Å². The first-order valence-corrected chi connectivity index (χ1v) is 9.91. The summed E-state index contributed by atoms with van der Waals surface area (Å²) in [4.78, 5) is 26.1. The Labute approximate surface area is 179 Å². The van der Waals surface area contributed by atoms with E-state index in [0.717, 1.165) is 27.9 Å². The highest BCUT2D eigenvalue weighted by Crippen LogP contribution is 2.24. The Kier molecular flexibility index (Phi) is 8.83. The molecule has 2 aromatic rings. The van der Waals surface area contributed by atoms with Gasteiger partial charge in [-0.2, -0.15) is 0 Å². The summed E-state index contributed by atoms with van der Waals surface area (Å²) in [6, 6.07) is 12.0. The SMILES string of the molecule is CN(C)CCOc1ccc(Br)c(/C=C/C(=O)CC(=O)/C=C/c2ccc(O)cc2)c1. The molecular weight excluding hydrogens is 434 g/mol. The van der Waals surface area contributed by atoms with Gasteiger partial charge in [0.1, 0.15) is 18.1 Å². The van der Waals surface area contributed by atoms with Gasteiger partial charge in [-0.3, -0.25) is 9.59 Å². The Bertz CT molecular complexity index is 902. The lowest BCUT2D eigenvalue weighted by molar-refractivity contribution is -0.121. The summed E-state index contributed by atoms with van der Waals surface area (Å²) in [6.45, 7) is 1.37. The zero-order chi connectivity index (χ0) is 21.2. The average Bonchev–Trinajstić information content (AvgIpc) is 2.67. The van der Waals surface area contributed by atoms with Crippen LogP contribution < -0.4 is 4.74 Å². The quantitative estimate of drug-likeness (QED) is 0.424. The normalized spacial score (nSPS) is 11.4. The first kappa shape index (κ1) is 22.6. The van der Waals surface area contributed by atoms with E-state index in [0.29, 0.717) is 6.61 Å². The van der Waals surface area contributed by atoms with Crippen LogP contribution in [-0.2, 0) is 9.59 Å². The van der Waals surface area contributed by atoms with E-state index in [2.05, 4.69) is 15.9 Å². The smallest absolute Gasteiger partial charge is 0.163 e. The summed E-state index contributed by atoms with van der Waals surface area (Å²) < 4.78 is 6.54. The van der Waals surface area contributed by atoms with E-state index in [9.17, 15) is 14.7 Å². The number of ether oxygens (including phenoxy) is 1. The molecule has 0 bridgehead atoms. The first-order valence-electron chi connectivity index (χ1n) is 9.11. The van der Waals surface area contributed by atoms with Crippen LogP contribution in [0.15, 0.2) is 59.1 Å². The Hall–Kier alpha value is -2.70. The van der Waals surface area contributed by atoms with Crippen LogP contribution in [-0.4, -0.2) is 48.8 Å². The molecule has 0 fully saturated rings. The summed E-state index contributed by atoms with van der Waals surface area (Å²) in [5.74, 6) is 0.311. The van der Waals surface area contributed by atoms with E-state index in [4.69, 9.17) is 4.74 Å². The molecule has 152 valence electrons. The predicted octanol–water partition coefficient (Wildman–Crippen LogP) is 4.35. The fourth-order valence-corrected chi connectivity index (χ4v) is 2.71. The minimum Gasteiger partial charge on any atom is -0.508 e. The van der Waals surface area contributed by atoms with Gasteiger partial charge in [0.05, 0.1) is 6.42 Å². The number of phenols is 1. The molecule has 0 amide bonds. The van der Waals surface area contributed by atoms with E-state index >= 15 is 0 Å². The van der Waals surface area contributed by atoms with Crippen LogP contribution in [0, 0.1) is 0 Å². The molecule has 6 heteroatoms.